The van der Waals surface area contributed by atoms with Crippen molar-refractivity contribution < 1.29 is 9.53 Å². The molecule has 1 unspecified atom stereocenters. The van der Waals surface area contributed by atoms with Crippen LogP contribution in [0, 0.1) is 18.3 Å². The van der Waals surface area contributed by atoms with Gasteiger partial charge in [0.25, 0.3) is 0 Å². The van der Waals surface area contributed by atoms with E-state index in [2.05, 4.69) is 31.7 Å². The van der Waals surface area contributed by atoms with Crippen LogP contribution in [0.4, 0.5) is 5.82 Å². The lowest BCUT2D eigenvalue weighted by atomic mass is 9.98. The van der Waals surface area contributed by atoms with Crippen LogP contribution >= 0.6 is 0 Å². The van der Waals surface area contributed by atoms with Gasteiger partial charge in [-0.3, -0.25) is 4.79 Å². The average Bonchev–Trinajstić information content (AvgIpc) is 2.92. The standard InChI is InChI=1S/C28H26N6O2/c1-20-16-32-28(33-17-20)36-24-11-12-26(31-18-24)34-27(35)25(23-5-3-2-4-6-23)19-30-14-13-21-7-9-22(15-29)10-8-21/h2-12,16-18,25,30H,13-14,19H2,1H3,(H,31,34,35). The number of nitrogens with zero attached hydrogens (tertiary/aromatic N) is 4. The SMILES string of the molecule is Cc1cnc(Oc2ccc(NC(=O)C(CNCCc3ccc(C#N)cc3)c3ccccc3)nc2)nc1. The Hall–Kier alpha value is -4.61. The second-order valence-corrected chi connectivity index (χ2v) is 8.24. The zero-order valence-corrected chi connectivity index (χ0v) is 19.9. The highest BCUT2D eigenvalue weighted by molar-refractivity contribution is 5.95. The molecule has 36 heavy (non-hydrogen) atoms. The molecule has 1 amide bonds. The third kappa shape index (κ3) is 6.95. The first-order chi connectivity index (χ1) is 17.6. The summed E-state index contributed by atoms with van der Waals surface area (Å²) < 4.78 is 5.60. The molecule has 2 aromatic heterocycles. The zero-order chi connectivity index (χ0) is 25.2. The van der Waals surface area contributed by atoms with Gasteiger partial charge in [-0.2, -0.15) is 5.26 Å². The average molecular weight is 479 g/mol. The number of hydrogen-bond donors (Lipinski definition) is 2. The van der Waals surface area contributed by atoms with Gasteiger partial charge in [-0.15, -0.1) is 0 Å². The van der Waals surface area contributed by atoms with Gasteiger partial charge >= 0.3 is 6.01 Å². The maximum Gasteiger partial charge on any atom is 0.321 e. The number of hydrogen-bond acceptors (Lipinski definition) is 7. The van der Waals surface area contributed by atoms with E-state index in [9.17, 15) is 4.79 Å². The van der Waals surface area contributed by atoms with E-state index in [-0.39, 0.29) is 11.9 Å². The molecule has 4 aromatic rings. The van der Waals surface area contributed by atoms with Crippen LogP contribution in [-0.4, -0.2) is 33.9 Å². The first kappa shape index (κ1) is 24.5. The van der Waals surface area contributed by atoms with E-state index in [0.717, 1.165) is 23.1 Å². The van der Waals surface area contributed by atoms with Crippen LogP contribution in [0.5, 0.6) is 11.8 Å². The minimum absolute atomic E-state index is 0.157. The second kappa shape index (κ2) is 12.2. The highest BCUT2D eigenvalue weighted by Crippen LogP contribution is 2.20. The molecule has 0 fully saturated rings. The molecule has 180 valence electrons. The molecule has 0 bridgehead atoms. The summed E-state index contributed by atoms with van der Waals surface area (Å²) in [5.74, 6) is 0.345. The van der Waals surface area contributed by atoms with Crippen molar-refractivity contribution in [2.75, 3.05) is 18.4 Å². The predicted molar refractivity (Wildman–Crippen MR) is 137 cm³/mol. The van der Waals surface area contributed by atoms with E-state index in [0.29, 0.717) is 30.2 Å². The topological polar surface area (TPSA) is 113 Å². The largest absolute Gasteiger partial charge is 0.423 e. The van der Waals surface area contributed by atoms with Crippen LogP contribution in [0.1, 0.15) is 28.2 Å². The molecule has 0 spiro atoms. The van der Waals surface area contributed by atoms with Gasteiger partial charge in [0.1, 0.15) is 11.6 Å². The summed E-state index contributed by atoms with van der Waals surface area (Å²) >= 11 is 0. The fourth-order valence-corrected chi connectivity index (χ4v) is 3.54. The Kier molecular flexibility index (Phi) is 8.31. The monoisotopic (exact) mass is 478 g/mol. The van der Waals surface area contributed by atoms with Gasteiger partial charge in [0.05, 0.1) is 23.7 Å². The lowest BCUT2D eigenvalue weighted by Crippen LogP contribution is -2.32. The molecule has 2 N–H and O–H groups in total. The Morgan fingerprint density at radius 2 is 1.72 bits per heavy atom. The number of aryl methyl sites for hydroxylation is 1. The molecule has 0 saturated carbocycles. The van der Waals surface area contributed by atoms with Crippen LogP contribution in [0.2, 0.25) is 0 Å². The van der Waals surface area contributed by atoms with Gasteiger partial charge in [0.15, 0.2) is 0 Å². The van der Waals surface area contributed by atoms with E-state index in [1.54, 1.807) is 24.5 Å². The fourth-order valence-electron chi connectivity index (χ4n) is 3.54. The summed E-state index contributed by atoms with van der Waals surface area (Å²) in [6, 6.07) is 22.9. The maximum atomic E-state index is 13.2. The van der Waals surface area contributed by atoms with E-state index in [1.807, 2.05) is 61.5 Å². The maximum absolute atomic E-state index is 13.2. The summed E-state index contributed by atoms with van der Waals surface area (Å²) in [5, 5.41) is 15.2. The lowest BCUT2D eigenvalue weighted by molar-refractivity contribution is -0.117. The Labute approximate surface area is 210 Å². The molecule has 0 aliphatic rings. The fraction of sp³-hybridized carbons (Fsp3) is 0.179. The molecule has 0 aliphatic carbocycles. The van der Waals surface area contributed by atoms with Crippen molar-refractivity contribution in [1.29, 1.82) is 5.26 Å². The van der Waals surface area contributed by atoms with Gasteiger partial charge in [0.2, 0.25) is 5.91 Å². The summed E-state index contributed by atoms with van der Waals surface area (Å²) in [4.78, 5) is 25.7. The summed E-state index contributed by atoms with van der Waals surface area (Å²) in [5.41, 5.74) is 3.63. The van der Waals surface area contributed by atoms with Crippen LogP contribution < -0.4 is 15.4 Å². The van der Waals surface area contributed by atoms with Crippen LogP contribution in [0.3, 0.4) is 0 Å². The number of amides is 1. The predicted octanol–water partition coefficient (Wildman–Crippen LogP) is 4.40. The second-order valence-electron chi connectivity index (χ2n) is 8.24. The van der Waals surface area contributed by atoms with E-state index in [4.69, 9.17) is 10.00 Å². The first-order valence-electron chi connectivity index (χ1n) is 11.6. The number of aromatic nitrogens is 3. The van der Waals surface area contributed by atoms with Crippen molar-refractivity contribution >= 4 is 11.7 Å². The van der Waals surface area contributed by atoms with E-state index in [1.165, 1.54) is 6.20 Å². The first-order valence-corrected chi connectivity index (χ1v) is 11.6. The number of ether oxygens (including phenoxy) is 1. The Morgan fingerprint density at radius 1 is 0.972 bits per heavy atom. The van der Waals surface area contributed by atoms with Crippen LogP contribution in [0.15, 0.2) is 85.3 Å². The van der Waals surface area contributed by atoms with Crippen LogP contribution in [0.25, 0.3) is 0 Å². The highest BCUT2D eigenvalue weighted by Gasteiger charge is 2.21. The Bertz CT molecular complexity index is 1300. The molecule has 0 saturated heterocycles. The number of pyridine rings is 1. The third-order valence-electron chi connectivity index (χ3n) is 5.49. The van der Waals surface area contributed by atoms with Crippen molar-refractivity contribution in [2.45, 2.75) is 19.3 Å². The number of anilines is 1. The minimum Gasteiger partial charge on any atom is -0.423 e. The van der Waals surface area contributed by atoms with Gasteiger partial charge in [-0.05, 0) is 60.8 Å². The summed E-state index contributed by atoms with van der Waals surface area (Å²) in [7, 11) is 0. The molecule has 2 heterocycles. The van der Waals surface area contributed by atoms with Gasteiger partial charge in [0, 0.05) is 18.9 Å². The quantitative estimate of drug-likeness (QED) is 0.325. The molecule has 8 heteroatoms. The van der Waals surface area contributed by atoms with E-state index >= 15 is 0 Å². The smallest absolute Gasteiger partial charge is 0.321 e. The number of nitriles is 1. The molecule has 0 radical (unpaired) electrons. The lowest BCUT2D eigenvalue weighted by Gasteiger charge is -2.18. The number of benzene rings is 2. The molecule has 8 nitrogen and oxygen atoms in total. The van der Waals surface area contributed by atoms with Crippen molar-refractivity contribution in [3.63, 3.8) is 0 Å². The van der Waals surface area contributed by atoms with Gasteiger partial charge in [-0.1, -0.05) is 42.5 Å². The number of rotatable bonds is 10. The van der Waals surface area contributed by atoms with Crippen molar-refractivity contribution in [2.24, 2.45) is 0 Å². The van der Waals surface area contributed by atoms with Gasteiger partial charge < -0.3 is 15.4 Å². The van der Waals surface area contributed by atoms with Crippen molar-refractivity contribution in [3.05, 3.63) is 108 Å². The highest BCUT2D eigenvalue weighted by atomic mass is 16.5. The normalized spacial score (nSPS) is 11.3. The summed E-state index contributed by atoms with van der Waals surface area (Å²) in [6.45, 7) is 3.07. The van der Waals surface area contributed by atoms with E-state index < -0.39 is 5.92 Å². The Morgan fingerprint density at radius 3 is 2.39 bits per heavy atom. The van der Waals surface area contributed by atoms with Crippen molar-refractivity contribution in [1.82, 2.24) is 20.3 Å². The summed E-state index contributed by atoms with van der Waals surface area (Å²) in [6.07, 6.45) is 5.66. The number of carbonyl (C=O) groups is 1. The molecule has 2 aromatic carbocycles. The Balaban J connectivity index is 1.35. The molecular weight excluding hydrogens is 452 g/mol. The van der Waals surface area contributed by atoms with Gasteiger partial charge in [-0.25, -0.2) is 15.0 Å². The minimum atomic E-state index is -0.397. The molecule has 4 rings (SSSR count). The number of nitrogens with one attached hydrogen (secondary N) is 2. The zero-order valence-electron chi connectivity index (χ0n) is 19.9. The molecule has 0 aliphatic heterocycles. The molecular formula is C28H26N6O2. The molecule has 1 atom stereocenters. The number of carbonyl (C=O) groups excluding carboxylic acids is 1. The third-order valence-corrected chi connectivity index (χ3v) is 5.49. The van der Waals surface area contributed by atoms with Crippen molar-refractivity contribution in [3.8, 4) is 17.8 Å². The van der Waals surface area contributed by atoms with Crippen LogP contribution in [-0.2, 0) is 11.2 Å².